The van der Waals surface area contributed by atoms with E-state index in [-0.39, 0.29) is 24.0 Å². The van der Waals surface area contributed by atoms with Crippen LogP contribution in [0.3, 0.4) is 0 Å². The number of nitrogens with zero attached hydrogens (tertiary/aromatic N) is 2. The SMILES string of the molecule is CCCN1CCC(NC(=NC)NCCCC2CC2)CC1.I. The number of likely N-dealkylation sites (tertiary alicyclic amines) is 1. The zero-order valence-electron chi connectivity index (χ0n) is 13.7. The molecule has 0 aromatic rings. The highest BCUT2D eigenvalue weighted by atomic mass is 127. The average Bonchev–Trinajstić information content (AvgIpc) is 3.28. The van der Waals surface area contributed by atoms with E-state index in [0.717, 1.165) is 18.4 Å². The summed E-state index contributed by atoms with van der Waals surface area (Å²) in [6.45, 7) is 7.03. The van der Waals surface area contributed by atoms with E-state index in [1.54, 1.807) is 0 Å². The molecule has 0 aromatic carbocycles. The molecule has 124 valence electrons. The van der Waals surface area contributed by atoms with Crippen LogP contribution in [0.15, 0.2) is 4.99 Å². The molecular weight excluding hydrogens is 375 g/mol. The molecule has 21 heavy (non-hydrogen) atoms. The summed E-state index contributed by atoms with van der Waals surface area (Å²) >= 11 is 0. The van der Waals surface area contributed by atoms with E-state index >= 15 is 0 Å². The number of hydrogen-bond acceptors (Lipinski definition) is 2. The van der Waals surface area contributed by atoms with Gasteiger partial charge in [-0.3, -0.25) is 4.99 Å². The van der Waals surface area contributed by atoms with E-state index in [1.165, 1.54) is 64.6 Å². The minimum atomic E-state index is 0. The Kier molecular flexibility index (Phi) is 9.64. The Morgan fingerprint density at radius 3 is 2.48 bits per heavy atom. The summed E-state index contributed by atoms with van der Waals surface area (Å²) in [7, 11) is 1.88. The third-order valence-corrected chi connectivity index (χ3v) is 4.47. The summed E-state index contributed by atoms with van der Waals surface area (Å²) in [6, 6.07) is 0.595. The van der Waals surface area contributed by atoms with Gasteiger partial charge in [0, 0.05) is 32.7 Å². The van der Waals surface area contributed by atoms with Crippen molar-refractivity contribution in [1.29, 1.82) is 0 Å². The summed E-state index contributed by atoms with van der Waals surface area (Å²) in [5.74, 6) is 2.03. The largest absolute Gasteiger partial charge is 0.356 e. The van der Waals surface area contributed by atoms with Crippen LogP contribution in [-0.4, -0.2) is 50.1 Å². The Morgan fingerprint density at radius 2 is 1.90 bits per heavy atom. The highest BCUT2D eigenvalue weighted by Crippen LogP contribution is 2.33. The molecule has 1 aliphatic heterocycles. The van der Waals surface area contributed by atoms with Crippen LogP contribution in [-0.2, 0) is 0 Å². The first kappa shape index (κ1) is 19.0. The average molecular weight is 408 g/mol. The van der Waals surface area contributed by atoms with Crippen molar-refractivity contribution in [3.05, 3.63) is 0 Å². The fourth-order valence-electron chi connectivity index (χ4n) is 3.01. The van der Waals surface area contributed by atoms with Gasteiger partial charge in [0.1, 0.15) is 0 Å². The lowest BCUT2D eigenvalue weighted by molar-refractivity contribution is 0.206. The Labute approximate surface area is 147 Å². The lowest BCUT2D eigenvalue weighted by Gasteiger charge is -2.32. The highest BCUT2D eigenvalue weighted by molar-refractivity contribution is 14.0. The van der Waals surface area contributed by atoms with Gasteiger partial charge >= 0.3 is 0 Å². The maximum absolute atomic E-state index is 4.35. The van der Waals surface area contributed by atoms with Crippen LogP contribution >= 0.6 is 24.0 Å². The molecule has 4 nitrogen and oxygen atoms in total. The van der Waals surface area contributed by atoms with Crippen LogP contribution in [0.1, 0.15) is 51.9 Å². The van der Waals surface area contributed by atoms with E-state index in [9.17, 15) is 0 Å². The van der Waals surface area contributed by atoms with Crippen molar-refractivity contribution in [2.75, 3.05) is 33.2 Å². The zero-order valence-corrected chi connectivity index (χ0v) is 16.1. The van der Waals surface area contributed by atoms with E-state index in [1.807, 2.05) is 7.05 Å². The van der Waals surface area contributed by atoms with Crippen LogP contribution in [0, 0.1) is 5.92 Å². The number of hydrogen-bond donors (Lipinski definition) is 2. The molecule has 0 aromatic heterocycles. The van der Waals surface area contributed by atoms with Gasteiger partial charge in [0.05, 0.1) is 0 Å². The second-order valence-electron chi connectivity index (χ2n) is 6.34. The van der Waals surface area contributed by atoms with E-state index in [0.29, 0.717) is 6.04 Å². The molecule has 0 unspecified atom stereocenters. The molecule has 0 atom stereocenters. The number of guanidine groups is 1. The summed E-state index contributed by atoms with van der Waals surface area (Å²) in [6.07, 6.45) is 9.33. The van der Waals surface area contributed by atoms with Gasteiger partial charge in [0.2, 0.25) is 0 Å². The quantitative estimate of drug-likeness (QED) is 0.295. The van der Waals surface area contributed by atoms with Crippen molar-refractivity contribution in [3.63, 3.8) is 0 Å². The van der Waals surface area contributed by atoms with Gasteiger partial charge in [-0.1, -0.05) is 19.8 Å². The maximum atomic E-state index is 4.35. The third kappa shape index (κ3) is 7.68. The van der Waals surface area contributed by atoms with Gasteiger partial charge in [-0.15, -0.1) is 24.0 Å². The Hall–Kier alpha value is -0.0400. The van der Waals surface area contributed by atoms with Gasteiger partial charge in [-0.25, -0.2) is 0 Å². The molecule has 0 spiro atoms. The Balaban J connectivity index is 0.00000220. The van der Waals surface area contributed by atoms with Crippen LogP contribution in [0.5, 0.6) is 0 Å². The fourth-order valence-corrected chi connectivity index (χ4v) is 3.01. The first-order valence-corrected chi connectivity index (χ1v) is 8.51. The molecular formula is C16H33IN4. The predicted molar refractivity (Wildman–Crippen MR) is 102 cm³/mol. The van der Waals surface area contributed by atoms with Crippen LogP contribution in [0.4, 0.5) is 0 Å². The Morgan fingerprint density at radius 1 is 1.19 bits per heavy atom. The molecule has 2 fully saturated rings. The molecule has 5 heteroatoms. The highest BCUT2D eigenvalue weighted by Gasteiger charge is 2.21. The lowest BCUT2D eigenvalue weighted by Crippen LogP contribution is -2.48. The van der Waals surface area contributed by atoms with Crippen LogP contribution in [0.25, 0.3) is 0 Å². The minimum absolute atomic E-state index is 0. The van der Waals surface area contributed by atoms with Gasteiger partial charge in [-0.2, -0.15) is 0 Å². The molecule has 0 amide bonds. The molecule has 1 saturated heterocycles. The standard InChI is InChI=1S/C16H32N4.HI/c1-3-11-20-12-8-15(9-13-20)19-16(17-2)18-10-4-5-14-6-7-14;/h14-15H,3-13H2,1-2H3,(H2,17,18,19);1H. The van der Waals surface area contributed by atoms with Crippen molar-refractivity contribution in [2.24, 2.45) is 10.9 Å². The lowest BCUT2D eigenvalue weighted by atomic mass is 10.1. The predicted octanol–water partition coefficient (Wildman–Crippen LogP) is 2.83. The van der Waals surface area contributed by atoms with Crippen LogP contribution in [0.2, 0.25) is 0 Å². The molecule has 2 rings (SSSR count). The summed E-state index contributed by atoms with van der Waals surface area (Å²) in [4.78, 5) is 6.92. The molecule has 2 N–H and O–H groups in total. The van der Waals surface area contributed by atoms with Crippen molar-refractivity contribution in [2.45, 2.75) is 57.9 Å². The molecule has 1 saturated carbocycles. The smallest absolute Gasteiger partial charge is 0.191 e. The third-order valence-electron chi connectivity index (χ3n) is 4.47. The van der Waals surface area contributed by atoms with Gasteiger partial charge < -0.3 is 15.5 Å². The topological polar surface area (TPSA) is 39.7 Å². The van der Waals surface area contributed by atoms with Crippen LogP contribution < -0.4 is 10.6 Å². The van der Waals surface area contributed by atoms with Gasteiger partial charge in [0.25, 0.3) is 0 Å². The number of nitrogens with one attached hydrogen (secondary N) is 2. The summed E-state index contributed by atoms with van der Waals surface area (Å²) < 4.78 is 0. The zero-order chi connectivity index (χ0) is 14.2. The molecule has 1 heterocycles. The first-order chi connectivity index (χ1) is 9.81. The monoisotopic (exact) mass is 408 g/mol. The minimum Gasteiger partial charge on any atom is -0.356 e. The van der Waals surface area contributed by atoms with E-state index in [2.05, 4.69) is 27.4 Å². The number of piperidine rings is 1. The first-order valence-electron chi connectivity index (χ1n) is 8.51. The summed E-state index contributed by atoms with van der Waals surface area (Å²) in [5, 5.41) is 7.05. The summed E-state index contributed by atoms with van der Waals surface area (Å²) in [5.41, 5.74) is 0. The second kappa shape index (κ2) is 10.6. The van der Waals surface area contributed by atoms with Gasteiger partial charge in [0.15, 0.2) is 5.96 Å². The number of rotatable bonds is 7. The normalized spacial score (nSPS) is 21.0. The molecule has 2 aliphatic rings. The Bertz CT molecular complexity index is 297. The molecule has 1 aliphatic carbocycles. The maximum Gasteiger partial charge on any atom is 0.191 e. The van der Waals surface area contributed by atoms with Crippen molar-refractivity contribution < 1.29 is 0 Å². The van der Waals surface area contributed by atoms with Crippen molar-refractivity contribution in [3.8, 4) is 0 Å². The van der Waals surface area contributed by atoms with Crippen molar-refractivity contribution >= 4 is 29.9 Å². The number of halogens is 1. The fraction of sp³-hybridized carbons (Fsp3) is 0.938. The van der Waals surface area contributed by atoms with Gasteiger partial charge in [-0.05, 0) is 44.6 Å². The molecule has 0 bridgehead atoms. The molecule has 0 radical (unpaired) electrons. The van der Waals surface area contributed by atoms with E-state index in [4.69, 9.17) is 0 Å². The van der Waals surface area contributed by atoms with Crippen molar-refractivity contribution in [1.82, 2.24) is 15.5 Å². The number of aliphatic imine (C=N–C) groups is 1. The van der Waals surface area contributed by atoms with E-state index < -0.39 is 0 Å². The second-order valence-corrected chi connectivity index (χ2v) is 6.34.